The summed E-state index contributed by atoms with van der Waals surface area (Å²) in [5.41, 5.74) is 2.63. The summed E-state index contributed by atoms with van der Waals surface area (Å²) in [6.07, 6.45) is 0.920. The Bertz CT molecular complexity index is 825. The second-order valence-electron chi connectivity index (χ2n) is 4.71. The third-order valence-corrected chi connectivity index (χ3v) is 4.24. The van der Waals surface area contributed by atoms with Crippen LogP contribution in [-0.4, -0.2) is 13.4 Å². The highest BCUT2D eigenvalue weighted by molar-refractivity contribution is 9.10. The van der Waals surface area contributed by atoms with Gasteiger partial charge in [0.1, 0.15) is 5.75 Å². The lowest BCUT2D eigenvalue weighted by Gasteiger charge is -2.11. The number of hydrogen-bond acceptors (Lipinski definition) is 2. The number of carbonyl (C=O) groups is 1. The monoisotopic (exact) mass is 340 g/mol. The maximum absolute atomic E-state index is 11.6. The summed E-state index contributed by atoms with van der Waals surface area (Å²) in [6, 6.07) is 17.6. The normalized spacial score (nSPS) is 10.6. The van der Waals surface area contributed by atoms with Gasteiger partial charge in [-0.2, -0.15) is 0 Å². The van der Waals surface area contributed by atoms with Crippen LogP contribution in [0.3, 0.4) is 0 Å². The van der Waals surface area contributed by atoms with Crippen LogP contribution in [0.4, 0.5) is 0 Å². The minimum absolute atomic E-state index is 0.696. The molecule has 0 aliphatic rings. The van der Waals surface area contributed by atoms with Crippen molar-refractivity contribution in [3.8, 4) is 16.9 Å². The zero-order valence-electron chi connectivity index (χ0n) is 11.5. The molecule has 3 aromatic carbocycles. The Morgan fingerprint density at radius 3 is 2.52 bits per heavy atom. The van der Waals surface area contributed by atoms with E-state index in [-0.39, 0.29) is 0 Å². The highest BCUT2D eigenvalue weighted by Gasteiger charge is 2.11. The molecule has 0 saturated carbocycles. The molecule has 0 N–H and O–H groups in total. The average molecular weight is 341 g/mol. The van der Waals surface area contributed by atoms with Crippen molar-refractivity contribution in [3.63, 3.8) is 0 Å². The Balaban J connectivity index is 2.30. The molecule has 0 amide bonds. The van der Waals surface area contributed by atoms with Crippen molar-refractivity contribution in [3.05, 3.63) is 64.6 Å². The molecule has 2 nitrogen and oxygen atoms in total. The molecule has 0 saturated heterocycles. The van der Waals surface area contributed by atoms with Crippen molar-refractivity contribution in [1.82, 2.24) is 0 Å². The number of carbonyl (C=O) groups excluding carboxylic acids is 1. The fourth-order valence-electron chi connectivity index (χ4n) is 2.50. The van der Waals surface area contributed by atoms with E-state index in [1.165, 1.54) is 0 Å². The van der Waals surface area contributed by atoms with Crippen molar-refractivity contribution >= 4 is 33.0 Å². The molecule has 0 heterocycles. The number of halogens is 1. The number of fused-ring (bicyclic) bond motifs is 1. The van der Waals surface area contributed by atoms with Crippen LogP contribution in [0, 0.1) is 0 Å². The van der Waals surface area contributed by atoms with E-state index in [9.17, 15) is 4.79 Å². The van der Waals surface area contributed by atoms with Gasteiger partial charge in [-0.05, 0) is 46.2 Å². The number of rotatable bonds is 3. The van der Waals surface area contributed by atoms with Gasteiger partial charge in [0.05, 0.1) is 7.11 Å². The first-order valence-corrected chi connectivity index (χ1v) is 7.34. The van der Waals surface area contributed by atoms with Crippen molar-refractivity contribution in [2.45, 2.75) is 0 Å². The molecule has 0 spiro atoms. The summed E-state index contributed by atoms with van der Waals surface area (Å²) >= 11 is 3.55. The Morgan fingerprint density at radius 2 is 1.81 bits per heavy atom. The van der Waals surface area contributed by atoms with Crippen LogP contribution >= 0.6 is 15.9 Å². The standard InChI is InChI=1S/C18H13BrO2/c1-21-13-7-9-14-12(10-13)6-8-15(17(14)11-20)16-4-2-3-5-18(16)19/h2-11H,1H3. The molecule has 0 bridgehead atoms. The highest BCUT2D eigenvalue weighted by atomic mass is 79.9. The fraction of sp³-hybridized carbons (Fsp3) is 0.0556. The molecule has 21 heavy (non-hydrogen) atoms. The van der Waals surface area contributed by atoms with Gasteiger partial charge in [-0.15, -0.1) is 0 Å². The minimum atomic E-state index is 0.696. The van der Waals surface area contributed by atoms with E-state index >= 15 is 0 Å². The van der Waals surface area contributed by atoms with Crippen LogP contribution in [0.25, 0.3) is 21.9 Å². The predicted molar refractivity (Wildman–Crippen MR) is 89.0 cm³/mol. The van der Waals surface area contributed by atoms with Crippen LogP contribution in [-0.2, 0) is 0 Å². The lowest BCUT2D eigenvalue weighted by molar-refractivity contribution is 0.112. The maximum atomic E-state index is 11.6. The summed E-state index contributed by atoms with van der Waals surface area (Å²) in [5.74, 6) is 0.785. The quantitative estimate of drug-likeness (QED) is 0.620. The summed E-state index contributed by atoms with van der Waals surface area (Å²) in [6.45, 7) is 0. The molecule has 3 heteroatoms. The number of aldehydes is 1. The van der Waals surface area contributed by atoms with Gasteiger partial charge in [-0.3, -0.25) is 4.79 Å². The first kappa shape index (κ1) is 13.8. The lowest BCUT2D eigenvalue weighted by Crippen LogP contribution is -1.92. The molecule has 0 aliphatic heterocycles. The number of benzene rings is 3. The Hall–Kier alpha value is -2.13. The summed E-state index contributed by atoms with van der Waals surface area (Å²) in [4.78, 5) is 11.6. The van der Waals surface area contributed by atoms with Gasteiger partial charge >= 0.3 is 0 Å². The van der Waals surface area contributed by atoms with Crippen LogP contribution in [0.5, 0.6) is 5.75 Å². The highest BCUT2D eigenvalue weighted by Crippen LogP contribution is 2.34. The van der Waals surface area contributed by atoms with E-state index in [0.29, 0.717) is 5.56 Å². The maximum Gasteiger partial charge on any atom is 0.151 e. The lowest BCUT2D eigenvalue weighted by atomic mass is 9.95. The molecule has 0 radical (unpaired) electrons. The van der Waals surface area contributed by atoms with Gasteiger partial charge in [0.25, 0.3) is 0 Å². The van der Waals surface area contributed by atoms with E-state index in [2.05, 4.69) is 15.9 Å². The SMILES string of the molecule is COc1ccc2c(C=O)c(-c3ccccc3Br)ccc2c1. The average Bonchev–Trinajstić information content (AvgIpc) is 2.53. The fourth-order valence-corrected chi connectivity index (χ4v) is 3.00. The minimum Gasteiger partial charge on any atom is -0.497 e. The molecule has 3 rings (SSSR count). The first-order valence-electron chi connectivity index (χ1n) is 6.55. The van der Waals surface area contributed by atoms with E-state index < -0.39 is 0 Å². The number of ether oxygens (including phenoxy) is 1. The number of hydrogen-bond donors (Lipinski definition) is 0. The zero-order valence-corrected chi connectivity index (χ0v) is 13.1. The van der Waals surface area contributed by atoms with Gasteiger partial charge in [0.15, 0.2) is 6.29 Å². The summed E-state index contributed by atoms with van der Waals surface area (Å²) in [7, 11) is 1.64. The summed E-state index contributed by atoms with van der Waals surface area (Å²) in [5, 5.41) is 1.92. The Morgan fingerprint density at radius 1 is 1.00 bits per heavy atom. The van der Waals surface area contributed by atoms with Crippen LogP contribution in [0.2, 0.25) is 0 Å². The Kier molecular flexibility index (Phi) is 3.76. The number of methoxy groups -OCH3 is 1. The third-order valence-electron chi connectivity index (χ3n) is 3.55. The van der Waals surface area contributed by atoms with Crippen molar-refractivity contribution in [1.29, 1.82) is 0 Å². The van der Waals surface area contributed by atoms with Gasteiger partial charge < -0.3 is 4.74 Å². The third kappa shape index (κ3) is 2.45. The van der Waals surface area contributed by atoms with E-state index in [1.807, 2.05) is 54.6 Å². The van der Waals surface area contributed by atoms with Crippen molar-refractivity contribution in [2.24, 2.45) is 0 Å². The van der Waals surface area contributed by atoms with Gasteiger partial charge in [0, 0.05) is 10.0 Å². The smallest absolute Gasteiger partial charge is 0.151 e. The zero-order chi connectivity index (χ0) is 14.8. The molecule has 104 valence electrons. The summed E-state index contributed by atoms with van der Waals surface area (Å²) < 4.78 is 6.21. The predicted octanol–water partition coefficient (Wildman–Crippen LogP) is 5.09. The van der Waals surface area contributed by atoms with E-state index in [4.69, 9.17) is 4.74 Å². The van der Waals surface area contributed by atoms with Crippen molar-refractivity contribution < 1.29 is 9.53 Å². The molecular formula is C18H13BrO2. The van der Waals surface area contributed by atoms with Gasteiger partial charge in [-0.1, -0.05) is 46.3 Å². The molecule has 0 aliphatic carbocycles. The molecule has 0 atom stereocenters. The first-order chi connectivity index (χ1) is 10.2. The van der Waals surface area contributed by atoms with Crippen LogP contribution < -0.4 is 4.74 Å². The van der Waals surface area contributed by atoms with Gasteiger partial charge in [0.2, 0.25) is 0 Å². The molecule has 0 aromatic heterocycles. The van der Waals surface area contributed by atoms with Crippen LogP contribution in [0.1, 0.15) is 10.4 Å². The van der Waals surface area contributed by atoms with Gasteiger partial charge in [-0.25, -0.2) is 0 Å². The molecule has 3 aromatic rings. The van der Waals surface area contributed by atoms with Crippen LogP contribution in [0.15, 0.2) is 59.1 Å². The second kappa shape index (κ2) is 5.70. The Labute approximate surface area is 131 Å². The largest absolute Gasteiger partial charge is 0.497 e. The second-order valence-corrected chi connectivity index (χ2v) is 5.57. The van der Waals surface area contributed by atoms with E-state index in [1.54, 1.807) is 7.11 Å². The van der Waals surface area contributed by atoms with Crippen molar-refractivity contribution in [2.75, 3.05) is 7.11 Å². The molecular weight excluding hydrogens is 328 g/mol. The topological polar surface area (TPSA) is 26.3 Å². The molecule has 0 unspecified atom stereocenters. The molecule has 0 fully saturated rings. The van der Waals surface area contributed by atoms with E-state index in [0.717, 1.165) is 38.4 Å².